The number of aryl methyl sites for hydroxylation is 1. The molecule has 0 aliphatic rings. The first kappa shape index (κ1) is 17.5. The molecule has 21 heavy (non-hydrogen) atoms. The van der Waals surface area contributed by atoms with E-state index in [9.17, 15) is 4.79 Å². The number of methoxy groups -OCH3 is 1. The second-order valence-electron chi connectivity index (χ2n) is 5.33. The Labute approximate surface area is 128 Å². The van der Waals surface area contributed by atoms with Crippen molar-refractivity contribution < 1.29 is 9.53 Å². The number of anilines is 1. The van der Waals surface area contributed by atoms with Gasteiger partial charge < -0.3 is 15.0 Å². The van der Waals surface area contributed by atoms with Gasteiger partial charge in [-0.15, -0.1) is 0 Å². The number of ether oxygens (including phenoxy) is 1. The maximum atomic E-state index is 12.9. The Morgan fingerprint density at radius 2 is 2.10 bits per heavy atom. The molecule has 0 saturated carbocycles. The van der Waals surface area contributed by atoms with Gasteiger partial charge in [-0.2, -0.15) is 0 Å². The molecule has 0 fully saturated rings. The van der Waals surface area contributed by atoms with Crippen LogP contribution in [0.1, 0.15) is 43.1 Å². The molecule has 0 aliphatic carbocycles. The van der Waals surface area contributed by atoms with Gasteiger partial charge in [0.1, 0.15) is 0 Å². The summed E-state index contributed by atoms with van der Waals surface area (Å²) in [6.07, 6.45) is 0.928. The molecule has 1 N–H and O–H groups in total. The molecule has 1 rings (SSSR count). The predicted octanol–water partition coefficient (Wildman–Crippen LogP) is 3.31. The lowest BCUT2D eigenvalue weighted by Gasteiger charge is -2.29. The van der Waals surface area contributed by atoms with E-state index < -0.39 is 0 Å². The van der Waals surface area contributed by atoms with E-state index in [0.717, 1.165) is 29.8 Å². The smallest absolute Gasteiger partial charge is 0.256 e. The van der Waals surface area contributed by atoms with Crippen LogP contribution in [0, 0.1) is 6.92 Å². The molecule has 4 nitrogen and oxygen atoms in total. The summed E-state index contributed by atoms with van der Waals surface area (Å²) >= 11 is 0. The Morgan fingerprint density at radius 3 is 2.67 bits per heavy atom. The van der Waals surface area contributed by atoms with Crippen LogP contribution in [-0.2, 0) is 4.74 Å². The highest BCUT2D eigenvalue weighted by molar-refractivity contribution is 6.00. The molecule has 1 atom stereocenters. The zero-order chi connectivity index (χ0) is 15.8. The number of hydrogen-bond acceptors (Lipinski definition) is 3. The van der Waals surface area contributed by atoms with E-state index in [-0.39, 0.29) is 11.9 Å². The van der Waals surface area contributed by atoms with Gasteiger partial charge in [0.05, 0.1) is 12.2 Å². The van der Waals surface area contributed by atoms with Crippen molar-refractivity contribution in [1.29, 1.82) is 0 Å². The van der Waals surface area contributed by atoms with Crippen molar-refractivity contribution in [3.8, 4) is 0 Å². The Bertz CT molecular complexity index is 460. The molecule has 0 radical (unpaired) electrons. The molecule has 0 bridgehead atoms. The largest absolute Gasteiger partial charge is 0.385 e. The van der Waals surface area contributed by atoms with Gasteiger partial charge in [0.15, 0.2) is 0 Å². The first-order valence-electron chi connectivity index (χ1n) is 7.69. The summed E-state index contributed by atoms with van der Waals surface area (Å²) in [4.78, 5) is 14.8. The molecule has 0 heterocycles. The SMILES string of the molecule is CCNc1ccc(C)cc1C(=O)N(CCOC)C(C)CC. The number of amides is 1. The maximum absolute atomic E-state index is 12.9. The molecule has 0 aromatic heterocycles. The second kappa shape index (κ2) is 8.67. The fraction of sp³-hybridized carbons (Fsp3) is 0.588. The van der Waals surface area contributed by atoms with E-state index in [2.05, 4.69) is 19.2 Å². The number of benzene rings is 1. The highest BCUT2D eigenvalue weighted by atomic mass is 16.5. The van der Waals surface area contributed by atoms with E-state index in [1.807, 2.05) is 36.9 Å². The number of nitrogens with one attached hydrogen (secondary N) is 1. The van der Waals surface area contributed by atoms with E-state index in [0.29, 0.717) is 13.2 Å². The summed E-state index contributed by atoms with van der Waals surface area (Å²) < 4.78 is 5.14. The highest BCUT2D eigenvalue weighted by Crippen LogP contribution is 2.21. The standard InChI is InChI=1S/C17H28N2O2/c1-6-14(4)19(10-11-21-5)17(20)15-12-13(3)8-9-16(15)18-7-2/h8-9,12,14,18H,6-7,10-11H2,1-5H3. The van der Waals surface area contributed by atoms with Gasteiger partial charge in [0.25, 0.3) is 5.91 Å². The summed E-state index contributed by atoms with van der Waals surface area (Å²) in [7, 11) is 1.66. The van der Waals surface area contributed by atoms with Gasteiger partial charge in [-0.05, 0) is 39.3 Å². The van der Waals surface area contributed by atoms with Crippen LogP contribution in [0.4, 0.5) is 5.69 Å². The minimum Gasteiger partial charge on any atom is -0.385 e. The highest BCUT2D eigenvalue weighted by Gasteiger charge is 2.22. The molecule has 118 valence electrons. The van der Waals surface area contributed by atoms with Crippen LogP contribution in [0.3, 0.4) is 0 Å². The van der Waals surface area contributed by atoms with Gasteiger partial charge in [-0.3, -0.25) is 4.79 Å². The number of rotatable bonds is 8. The minimum absolute atomic E-state index is 0.0704. The molecule has 0 saturated heterocycles. The van der Waals surface area contributed by atoms with Crippen LogP contribution in [0.2, 0.25) is 0 Å². The van der Waals surface area contributed by atoms with Crippen molar-refractivity contribution in [3.05, 3.63) is 29.3 Å². The van der Waals surface area contributed by atoms with Crippen molar-refractivity contribution in [2.75, 3.05) is 32.1 Å². The van der Waals surface area contributed by atoms with Crippen LogP contribution in [0.25, 0.3) is 0 Å². The zero-order valence-electron chi connectivity index (χ0n) is 13.9. The molecule has 1 aromatic carbocycles. The first-order chi connectivity index (χ1) is 10.0. The second-order valence-corrected chi connectivity index (χ2v) is 5.33. The van der Waals surface area contributed by atoms with Crippen molar-refractivity contribution in [2.24, 2.45) is 0 Å². The summed E-state index contributed by atoms with van der Waals surface area (Å²) in [5.41, 5.74) is 2.74. The van der Waals surface area contributed by atoms with Crippen LogP contribution < -0.4 is 5.32 Å². The third-order valence-corrected chi connectivity index (χ3v) is 3.69. The van der Waals surface area contributed by atoms with Crippen molar-refractivity contribution in [2.45, 2.75) is 40.2 Å². The molecule has 0 aliphatic heterocycles. The summed E-state index contributed by atoms with van der Waals surface area (Å²) in [5.74, 6) is 0.0704. The molecule has 1 amide bonds. The zero-order valence-corrected chi connectivity index (χ0v) is 13.9. The topological polar surface area (TPSA) is 41.6 Å². The normalized spacial score (nSPS) is 12.0. The molecular weight excluding hydrogens is 264 g/mol. The van der Waals surface area contributed by atoms with Gasteiger partial charge >= 0.3 is 0 Å². The van der Waals surface area contributed by atoms with Gasteiger partial charge in [0.2, 0.25) is 0 Å². The first-order valence-corrected chi connectivity index (χ1v) is 7.69. The molecule has 4 heteroatoms. The molecular formula is C17H28N2O2. The fourth-order valence-corrected chi connectivity index (χ4v) is 2.27. The Kier molecular flexibility index (Phi) is 7.23. The molecule has 1 unspecified atom stereocenters. The van der Waals surface area contributed by atoms with E-state index in [1.165, 1.54) is 0 Å². The van der Waals surface area contributed by atoms with Gasteiger partial charge in [-0.25, -0.2) is 0 Å². The van der Waals surface area contributed by atoms with E-state index in [1.54, 1.807) is 7.11 Å². The van der Waals surface area contributed by atoms with Crippen LogP contribution in [0.15, 0.2) is 18.2 Å². The number of carbonyl (C=O) groups is 1. The van der Waals surface area contributed by atoms with Crippen molar-refractivity contribution >= 4 is 11.6 Å². The molecule has 0 spiro atoms. The molecule has 1 aromatic rings. The van der Waals surface area contributed by atoms with Gasteiger partial charge in [-0.1, -0.05) is 18.6 Å². The summed E-state index contributed by atoms with van der Waals surface area (Å²) in [6.45, 7) is 10.2. The van der Waals surface area contributed by atoms with Crippen molar-refractivity contribution in [1.82, 2.24) is 4.90 Å². The quantitative estimate of drug-likeness (QED) is 0.799. The fourth-order valence-electron chi connectivity index (χ4n) is 2.27. The third kappa shape index (κ3) is 4.74. The Hall–Kier alpha value is -1.55. The maximum Gasteiger partial charge on any atom is 0.256 e. The summed E-state index contributed by atoms with van der Waals surface area (Å²) in [5, 5.41) is 3.27. The predicted molar refractivity (Wildman–Crippen MR) is 88.0 cm³/mol. The minimum atomic E-state index is 0.0704. The number of carbonyl (C=O) groups excluding carboxylic acids is 1. The third-order valence-electron chi connectivity index (χ3n) is 3.69. The average molecular weight is 292 g/mol. The van der Waals surface area contributed by atoms with E-state index in [4.69, 9.17) is 4.74 Å². The Balaban J connectivity index is 3.09. The summed E-state index contributed by atoms with van der Waals surface area (Å²) in [6, 6.07) is 6.17. The Morgan fingerprint density at radius 1 is 1.38 bits per heavy atom. The van der Waals surface area contributed by atoms with Crippen LogP contribution in [0.5, 0.6) is 0 Å². The number of nitrogens with zero attached hydrogens (tertiary/aromatic N) is 1. The van der Waals surface area contributed by atoms with E-state index >= 15 is 0 Å². The average Bonchev–Trinajstić information content (AvgIpc) is 2.49. The van der Waals surface area contributed by atoms with Crippen LogP contribution in [-0.4, -0.2) is 43.7 Å². The number of hydrogen-bond donors (Lipinski definition) is 1. The monoisotopic (exact) mass is 292 g/mol. The van der Waals surface area contributed by atoms with Crippen LogP contribution >= 0.6 is 0 Å². The lowest BCUT2D eigenvalue weighted by Crippen LogP contribution is -2.40. The van der Waals surface area contributed by atoms with Gasteiger partial charge in [0, 0.05) is 31.9 Å². The van der Waals surface area contributed by atoms with Crippen molar-refractivity contribution in [3.63, 3.8) is 0 Å². The lowest BCUT2D eigenvalue weighted by molar-refractivity contribution is 0.0615. The lowest BCUT2D eigenvalue weighted by atomic mass is 10.1.